The van der Waals surface area contributed by atoms with Gasteiger partial charge in [0.15, 0.2) is 0 Å². The number of nitrogens with zero attached hydrogens (tertiary/aromatic N) is 6. The molecule has 68 heavy (non-hydrogen) atoms. The Kier molecular flexibility index (Phi) is 10.0. The standard InChI is InChI=1S/C59H59BN6O.Pt/c1-11-60-65(55-36-42(29-31-61-55)57(2,3)4)54-38-47(27-28-50(54)51-30-32-62-66(51)60)67-46-22-17-21-45(37-46)63-39-64(53-26-16-15-25-52(53)63)56-48(40-19-13-12-14-20-40)23-18-24-49(56)41-33-43(58(5,6)7)35-44(34-41)59(8,9)10;/h12-38H,11H2,1-10H3;/i12D,13D,14D,19D,20D;. The molecule has 10 rings (SSSR count). The zero-order valence-electron chi connectivity index (χ0n) is 45.4. The maximum absolute atomic E-state index is 9.28. The van der Waals surface area contributed by atoms with Crippen molar-refractivity contribution < 1.29 is 30.9 Å². The quantitative estimate of drug-likeness (QED) is 0.142. The van der Waals surface area contributed by atoms with E-state index in [0.29, 0.717) is 22.7 Å². The van der Waals surface area contributed by atoms with Crippen molar-refractivity contribution in [3.8, 4) is 56.4 Å². The van der Waals surface area contributed by atoms with Crippen LogP contribution in [-0.2, 0) is 35.6 Å². The van der Waals surface area contributed by atoms with Crippen LogP contribution in [0.1, 0.15) is 92.8 Å². The van der Waals surface area contributed by atoms with Crippen LogP contribution >= 0.6 is 0 Å². The van der Waals surface area contributed by atoms with E-state index >= 15 is 0 Å². The fraction of sp³-hybridized carbons (Fsp3) is 0.237. The Hall–Kier alpha value is -6.50. The number of imidazole rings is 1. The van der Waals surface area contributed by atoms with E-state index < -0.39 is 6.04 Å². The fourth-order valence-corrected chi connectivity index (χ4v) is 10.4. The summed E-state index contributed by atoms with van der Waals surface area (Å²) in [6.07, 6.45) is 4.55. The van der Waals surface area contributed by atoms with Gasteiger partial charge in [-0.05, 0) is 17.0 Å². The molecule has 0 bridgehead atoms. The summed E-state index contributed by atoms with van der Waals surface area (Å²) in [5.74, 6) is 2.15. The summed E-state index contributed by atoms with van der Waals surface area (Å²) in [5.41, 5.74) is 12.0. The Labute approximate surface area is 419 Å². The average molecular weight is 1080 g/mol. The number of aromatic nitrogens is 5. The van der Waals surface area contributed by atoms with Crippen molar-refractivity contribution in [3.63, 3.8) is 0 Å². The molecule has 0 spiro atoms. The Morgan fingerprint density at radius 1 is 0.603 bits per heavy atom. The number of hydrogen-bond acceptors (Lipinski definition) is 4. The van der Waals surface area contributed by atoms with Gasteiger partial charge in [0.05, 0.1) is 0 Å². The van der Waals surface area contributed by atoms with E-state index in [1.54, 1.807) is 0 Å². The topological polar surface area (TPSA) is 53.0 Å². The third-order valence-electron chi connectivity index (χ3n) is 13.0. The SMILES string of the molecule is [2H]c1c([2H])c([2H])c(-c2cccc(-c3cc(C(C)(C)C)cc(C(C)(C)C)c3)c2-n2[c](=[Pt])n(-c3cccc(Oc4ccc5c(c4)N(c4cc(C(C)(C)C)ccn4)B(CC)n4nccc4-5)c3)c3ccccc32)c([2H])c1[2H]. The molecule has 0 amide bonds. The van der Waals surface area contributed by atoms with Gasteiger partial charge in [-0.1, -0.05) is 27.7 Å². The van der Waals surface area contributed by atoms with Crippen LogP contribution in [0.4, 0.5) is 11.5 Å². The summed E-state index contributed by atoms with van der Waals surface area (Å²) in [5, 5.41) is 4.79. The Bertz CT molecular complexity index is 3670. The Morgan fingerprint density at radius 2 is 1.25 bits per heavy atom. The average Bonchev–Trinajstić information content (AvgIpc) is 3.96. The second kappa shape index (κ2) is 17.2. The van der Waals surface area contributed by atoms with Crippen molar-refractivity contribution in [2.45, 2.75) is 91.8 Å². The Morgan fingerprint density at radius 3 is 1.93 bits per heavy atom. The van der Waals surface area contributed by atoms with Crippen molar-refractivity contribution in [2.24, 2.45) is 0 Å². The number of benzene rings is 6. The monoisotopic (exact) mass is 1080 g/mol. The van der Waals surface area contributed by atoms with E-state index in [2.05, 4.69) is 180 Å². The van der Waals surface area contributed by atoms with Crippen molar-refractivity contribution >= 4 is 29.5 Å². The third kappa shape index (κ3) is 8.21. The van der Waals surface area contributed by atoms with Gasteiger partial charge in [-0.15, -0.1) is 0 Å². The van der Waals surface area contributed by atoms with Crippen LogP contribution in [0.3, 0.4) is 0 Å². The second-order valence-electron chi connectivity index (χ2n) is 20.8. The summed E-state index contributed by atoms with van der Waals surface area (Å²) in [6, 6.07) is 39.7. The third-order valence-corrected chi connectivity index (χ3v) is 14.0. The number of anilines is 2. The molecule has 0 atom stereocenters. The molecular weight excluding hydrogens is 1010 g/mol. The summed E-state index contributed by atoms with van der Waals surface area (Å²) >= 11 is 2.37. The molecule has 1 aliphatic heterocycles. The van der Waals surface area contributed by atoms with E-state index in [0.717, 1.165) is 60.7 Å². The van der Waals surface area contributed by atoms with Crippen molar-refractivity contribution in [3.05, 3.63) is 184 Å². The summed E-state index contributed by atoms with van der Waals surface area (Å²) in [4.78, 5) is 7.21. The van der Waals surface area contributed by atoms with Gasteiger partial charge in [0.25, 0.3) is 0 Å². The van der Waals surface area contributed by atoms with Crippen molar-refractivity contribution in [2.75, 3.05) is 4.81 Å². The molecule has 6 aromatic carbocycles. The molecule has 0 unspecified atom stereocenters. The second-order valence-corrected chi connectivity index (χ2v) is 21.8. The molecular formula is C59H59BN6OPt. The molecule has 0 saturated carbocycles. The van der Waals surface area contributed by atoms with Crippen LogP contribution < -0.4 is 9.55 Å². The minimum absolute atomic E-state index is 0.0722. The molecule has 0 saturated heterocycles. The van der Waals surface area contributed by atoms with Gasteiger partial charge < -0.3 is 0 Å². The van der Waals surface area contributed by atoms with Gasteiger partial charge in [-0.25, -0.2) is 0 Å². The predicted octanol–water partition coefficient (Wildman–Crippen LogP) is 15.3. The van der Waals surface area contributed by atoms with Gasteiger partial charge in [-0.2, -0.15) is 5.10 Å². The number of ether oxygens (including phenoxy) is 1. The van der Waals surface area contributed by atoms with Crippen LogP contribution in [0.15, 0.2) is 164 Å². The van der Waals surface area contributed by atoms with Crippen LogP contribution in [-0.4, -0.2) is 30.8 Å². The van der Waals surface area contributed by atoms with Gasteiger partial charge in [0.1, 0.15) is 0 Å². The van der Waals surface area contributed by atoms with Crippen molar-refractivity contribution in [1.82, 2.24) is 23.8 Å². The van der Waals surface area contributed by atoms with Crippen LogP contribution in [0.2, 0.25) is 6.32 Å². The van der Waals surface area contributed by atoms with Crippen molar-refractivity contribution in [1.29, 1.82) is 0 Å². The summed E-state index contributed by atoms with van der Waals surface area (Å²) in [7, 11) is 0. The molecule has 0 fully saturated rings. The van der Waals surface area contributed by atoms with Gasteiger partial charge >= 0.3 is 359 Å². The molecule has 1 aliphatic rings. The molecule has 9 aromatic rings. The zero-order valence-corrected chi connectivity index (χ0v) is 42.7. The zero-order chi connectivity index (χ0) is 52.1. The fourth-order valence-electron chi connectivity index (χ4n) is 9.32. The molecule has 344 valence electrons. The normalized spacial score (nSPS) is 14.0. The summed E-state index contributed by atoms with van der Waals surface area (Å²) < 4.78 is 58.7. The van der Waals surface area contributed by atoms with Gasteiger partial charge in [0.2, 0.25) is 0 Å². The first-order valence-corrected chi connectivity index (χ1v) is 24.5. The molecule has 9 heteroatoms. The first kappa shape index (κ1) is 39.5. The predicted molar refractivity (Wildman–Crippen MR) is 279 cm³/mol. The Balaban J connectivity index is 1.15. The molecule has 0 radical (unpaired) electrons. The van der Waals surface area contributed by atoms with Crippen LogP contribution in [0, 0.1) is 3.80 Å². The first-order valence-electron chi connectivity index (χ1n) is 25.8. The number of pyridine rings is 1. The molecule has 3 aromatic heterocycles. The van der Waals surface area contributed by atoms with E-state index in [1.807, 2.05) is 60.9 Å². The van der Waals surface area contributed by atoms with Gasteiger partial charge in [0, 0.05) is 12.4 Å². The van der Waals surface area contributed by atoms with E-state index in [9.17, 15) is 2.74 Å². The molecule has 0 N–H and O–H groups in total. The molecule has 7 nitrogen and oxygen atoms in total. The van der Waals surface area contributed by atoms with Crippen LogP contribution in [0.5, 0.6) is 11.5 Å². The minimum atomic E-state index is -0.432. The first-order chi connectivity index (χ1) is 34.6. The van der Waals surface area contributed by atoms with E-state index in [-0.39, 0.29) is 53.0 Å². The number of hydrogen-bond donors (Lipinski definition) is 0. The molecule has 0 aliphatic carbocycles. The van der Waals surface area contributed by atoms with E-state index in [4.69, 9.17) is 18.9 Å². The summed E-state index contributed by atoms with van der Waals surface area (Å²) in [6.45, 7) is 22.0. The molecule has 4 heterocycles. The van der Waals surface area contributed by atoms with Gasteiger partial charge in [-0.3, -0.25) is 0 Å². The van der Waals surface area contributed by atoms with E-state index in [1.165, 1.54) is 16.7 Å². The number of rotatable bonds is 8. The van der Waals surface area contributed by atoms with Crippen LogP contribution in [0.25, 0.3) is 55.9 Å². The maximum atomic E-state index is 9.28. The number of fused-ring (bicyclic) bond motifs is 4. The number of para-hydroxylation sites is 3.